The molecule has 0 radical (unpaired) electrons. The van der Waals surface area contributed by atoms with E-state index in [0.29, 0.717) is 0 Å². The molecule has 0 saturated heterocycles. The molecule has 2 heteroatoms. The first-order valence-corrected chi connectivity index (χ1v) is 8.14. The highest BCUT2D eigenvalue weighted by Gasteiger charge is 2.04. The maximum Gasteiger partial charge on any atom is 0.179 e. The summed E-state index contributed by atoms with van der Waals surface area (Å²) >= 11 is 0. The van der Waals surface area contributed by atoms with Gasteiger partial charge in [0, 0.05) is 14.2 Å². The van der Waals surface area contributed by atoms with E-state index in [1.54, 1.807) is 14.2 Å². The molecule has 0 unspecified atom stereocenters. The summed E-state index contributed by atoms with van der Waals surface area (Å²) in [5, 5.41) is 0. The molecule has 0 heterocycles. The molecule has 0 aliphatic carbocycles. The average molecular weight is 328 g/mol. The fourth-order valence-corrected chi connectivity index (χ4v) is 1.82. The van der Waals surface area contributed by atoms with Crippen LogP contribution in [0, 0.1) is 0 Å². The number of methoxy groups -OCH3 is 2. The Labute approximate surface area is 148 Å². The summed E-state index contributed by atoms with van der Waals surface area (Å²) in [7, 11) is 3.27. The molecule has 0 spiro atoms. The summed E-state index contributed by atoms with van der Waals surface area (Å²) < 4.78 is 10.4. The molecule has 0 aliphatic rings. The second-order valence-electron chi connectivity index (χ2n) is 5.88. The van der Waals surface area contributed by atoms with Crippen LogP contribution in [0.1, 0.15) is 34.6 Å². The zero-order valence-electron chi connectivity index (χ0n) is 16.2. The highest BCUT2D eigenvalue weighted by Crippen LogP contribution is 2.07. The Balaban J connectivity index is 4.60. The zero-order chi connectivity index (χ0) is 18.4. The predicted molar refractivity (Wildman–Crippen MR) is 106 cm³/mol. The molecule has 0 aromatic rings. The van der Waals surface area contributed by atoms with E-state index in [4.69, 9.17) is 9.47 Å². The SMILES string of the molecule is COC(OC)/C(C)=C/C=C/C(C)=C/C=C/C=C(C)/C=C/C=C(C)C. The van der Waals surface area contributed by atoms with Crippen LogP contribution in [0.15, 0.2) is 83.1 Å². The fourth-order valence-electron chi connectivity index (χ4n) is 1.82. The lowest BCUT2D eigenvalue weighted by molar-refractivity contribution is -0.0746. The van der Waals surface area contributed by atoms with Crippen molar-refractivity contribution in [1.29, 1.82) is 0 Å². The Morgan fingerprint density at radius 3 is 1.50 bits per heavy atom. The van der Waals surface area contributed by atoms with Crippen molar-refractivity contribution in [2.75, 3.05) is 14.2 Å². The third-order valence-corrected chi connectivity index (χ3v) is 3.14. The van der Waals surface area contributed by atoms with E-state index >= 15 is 0 Å². The molecule has 0 fully saturated rings. The van der Waals surface area contributed by atoms with Crippen molar-refractivity contribution in [2.45, 2.75) is 40.9 Å². The minimum absolute atomic E-state index is 0.286. The highest BCUT2D eigenvalue weighted by molar-refractivity contribution is 5.29. The zero-order valence-corrected chi connectivity index (χ0v) is 16.2. The molecule has 0 aromatic heterocycles. The Kier molecular flexibility index (Phi) is 12.5. The maximum atomic E-state index is 5.20. The number of hydrogen-bond acceptors (Lipinski definition) is 2. The fraction of sp³-hybridized carbons (Fsp3) is 0.364. The van der Waals surface area contributed by atoms with Crippen LogP contribution in [0.3, 0.4) is 0 Å². The van der Waals surface area contributed by atoms with E-state index in [0.717, 1.165) is 5.57 Å². The summed E-state index contributed by atoms with van der Waals surface area (Å²) in [6.07, 6.45) is 20.3. The molecule has 0 bridgehead atoms. The van der Waals surface area contributed by atoms with Crippen LogP contribution in [0.5, 0.6) is 0 Å². The van der Waals surface area contributed by atoms with Crippen molar-refractivity contribution in [3.63, 3.8) is 0 Å². The first-order valence-electron chi connectivity index (χ1n) is 8.14. The van der Waals surface area contributed by atoms with Crippen LogP contribution in [0.25, 0.3) is 0 Å². The molecule has 2 nitrogen and oxygen atoms in total. The standard InChI is InChI=1S/C22H32O2/c1-18(2)12-10-15-19(3)13-8-9-14-20(4)16-11-17-21(5)22(23-6)24-7/h8-17,22H,1-7H3/b9-8+,15-10+,16-11+,19-13+,20-14+,21-17+. The van der Waals surface area contributed by atoms with Crippen molar-refractivity contribution >= 4 is 0 Å². The van der Waals surface area contributed by atoms with Crippen molar-refractivity contribution in [3.8, 4) is 0 Å². The van der Waals surface area contributed by atoms with Gasteiger partial charge >= 0.3 is 0 Å². The van der Waals surface area contributed by atoms with Crippen molar-refractivity contribution in [2.24, 2.45) is 0 Å². The Bertz CT molecular complexity index is 559. The van der Waals surface area contributed by atoms with Gasteiger partial charge in [-0.3, -0.25) is 0 Å². The van der Waals surface area contributed by atoms with Gasteiger partial charge < -0.3 is 9.47 Å². The molecule has 0 aliphatic heterocycles. The smallest absolute Gasteiger partial charge is 0.179 e. The van der Waals surface area contributed by atoms with Crippen LogP contribution in [0.4, 0.5) is 0 Å². The van der Waals surface area contributed by atoms with Gasteiger partial charge in [-0.15, -0.1) is 0 Å². The molecule has 0 atom stereocenters. The van der Waals surface area contributed by atoms with Gasteiger partial charge in [-0.2, -0.15) is 0 Å². The summed E-state index contributed by atoms with van der Waals surface area (Å²) in [5.74, 6) is 0. The Morgan fingerprint density at radius 1 is 0.625 bits per heavy atom. The van der Waals surface area contributed by atoms with Gasteiger partial charge in [-0.1, -0.05) is 77.5 Å². The van der Waals surface area contributed by atoms with Gasteiger partial charge in [0.15, 0.2) is 6.29 Å². The minimum Gasteiger partial charge on any atom is -0.352 e. The van der Waals surface area contributed by atoms with Crippen molar-refractivity contribution in [1.82, 2.24) is 0 Å². The van der Waals surface area contributed by atoms with Crippen LogP contribution >= 0.6 is 0 Å². The maximum absolute atomic E-state index is 5.20. The van der Waals surface area contributed by atoms with Crippen molar-refractivity contribution in [3.05, 3.63) is 83.1 Å². The molecule has 0 amide bonds. The minimum atomic E-state index is -0.286. The second kappa shape index (κ2) is 13.5. The first-order chi connectivity index (χ1) is 11.4. The summed E-state index contributed by atoms with van der Waals surface area (Å²) in [4.78, 5) is 0. The quantitative estimate of drug-likeness (QED) is 0.377. The predicted octanol–water partition coefficient (Wildman–Crippen LogP) is 6.08. The lowest BCUT2D eigenvalue weighted by Crippen LogP contribution is -2.13. The average Bonchev–Trinajstić information content (AvgIpc) is 2.52. The van der Waals surface area contributed by atoms with Crippen LogP contribution in [-0.4, -0.2) is 20.5 Å². The molecular weight excluding hydrogens is 296 g/mol. The van der Waals surface area contributed by atoms with E-state index < -0.39 is 0 Å². The van der Waals surface area contributed by atoms with E-state index in [1.807, 2.05) is 31.2 Å². The Morgan fingerprint density at radius 2 is 1.08 bits per heavy atom. The van der Waals surface area contributed by atoms with Crippen LogP contribution < -0.4 is 0 Å². The molecular formula is C22H32O2. The summed E-state index contributed by atoms with van der Waals surface area (Å²) in [6, 6.07) is 0. The highest BCUT2D eigenvalue weighted by atomic mass is 16.7. The molecule has 132 valence electrons. The van der Waals surface area contributed by atoms with Crippen LogP contribution in [0.2, 0.25) is 0 Å². The summed E-state index contributed by atoms with van der Waals surface area (Å²) in [5.41, 5.74) is 4.72. The third-order valence-electron chi connectivity index (χ3n) is 3.14. The number of ether oxygens (including phenoxy) is 2. The topological polar surface area (TPSA) is 18.5 Å². The first kappa shape index (κ1) is 22.1. The lowest BCUT2D eigenvalue weighted by Gasteiger charge is -2.12. The van der Waals surface area contributed by atoms with E-state index in [1.165, 1.54) is 16.7 Å². The molecule has 0 aromatic carbocycles. The van der Waals surface area contributed by atoms with Gasteiger partial charge in [-0.05, 0) is 40.2 Å². The van der Waals surface area contributed by atoms with Gasteiger partial charge in [0.2, 0.25) is 0 Å². The Hall–Kier alpha value is -1.90. The molecule has 0 rings (SSSR count). The number of allylic oxidation sites excluding steroid dienone is 13. The molecule has 0 saturated carbocycles. The normalized spacial score (nSPS) is 14.6. The monoisotopic (exact) mass is 328 g/mol. The largest absolute Gasteiger partial charge is 0.352 e. The third kappa shape index (κ3) is 11.6. The van der Waals surface area contributed by atoms with Gasteiger partial charge in [0.1, 0.15) is 0 Å². The molecule has 0 N–H and O–H groups in total. The second-order valence-corrected chi connectivity index (χ2v) is 5.88. The van der Waals surface area contributed by atoms with E-state index in [2.05, 4.69) is 64.2 Å². The number of rotatable bonds is 9. The lowest BCUT2D eigenvalue weighted by atomic mass is 10.2. The van der Waals surface area contributed by atoms with Crippen LogP contribution in [-0.2, 0) is 9.47 Å². The van der Waals surface area contributed by atoms with Gasteiger partial charge in [-0.25, -0.2) is 0 Å². The van der Waals surface area contributed by atoms with E-state index in [9.17, 15) is 0 Å². The van der Waals surface area contributed by atoms with E-state index in [-0.39, 0.29) is 6.29 Å². The number of hydrogen-bond donors (Lipinski definition) is 0. The van der Waals surface area contributed by atoms with Gasteiger partial charge in [0.05, 0.1) is 0 Å². The molecule has 24 heavy (non-hydrogen) atoms. The van der Waals surface area contributed by atoms with Gasteiger partial charge in [0.25, 0.3) is 0 Å². The summed E-state index contributed by atoms with van der Waals surface area (Å²) in [6.45, 7) is 10.3. The van der Waals surface area contributed by atoms with Crippen molar-refractivity contribution < 1.29 is 9.47 Å².